The maximum atomic E-state index is 12.0. The molecule has 0 aromatic heterocycles. The molecule has 6 heteroatoms. The molecule has 0 spiro atoms. The van der Waals surface area contributed by atoms with Crippen molar-refractivity contribution in [2.24, 2.45) is 5.92 Å². The minimum absolute atomic E-state index is 0.0507. The van der Waals surface area contributed by atoms with Crippen molar-refractivity contribution in [2.75, 3.05) is 18.4 Å². The zero-order valence-electron chi connectivity index (χ0n) is 12.2. The van der Waals surface area contributed by atoms with Crippen LogP contribution in [0.2, 0.25) is 0 Å². The van der Waals surface area contributed by atoms with Crippen LogP contribution in [0, 0.1) is 23.0 Å². The number of amides is 1. The molecule has 21 heavy (non-hydrogen) atoms. The van der Waals surface area contributed by atoms with Gasteiger partial charge in [0, 0.05) is 12.5 Å². The number of benzene rings is 1. The van der Waals surface area contributed by atoms with Gasteiger partial charge in [-0.2, -0.15) is 0 Å². The molecule has 2 N–H and O–H groups in total. The third-order valence-corrected chi connectivity index (χ3v) is 3.86. The normalized spacial score (nSPS) is 15.7. The van der Waals surface area contributed by atoms with E-state index in [1.54, 1.807) is 19.1 Å². The molecule has 1 aromatic rings. The van der Waals surface area contributed by atoms with Gasteiger partial charge in [0.25, 0.3) is 5.69 Å². The Morgan fingerprint density at radius 2 is 2.14 bits per heavy atom. The van der Waals surface area contributed by atoms with Crippen molar-refractivity contribution < 1.29 is 9.72 Å². The standard InChI is InChI=1S/C15H21N3O3/c1-11-2-4-13(14(10-11)18(20)21)17-15(19)5-3-12-6-8-16-9-7-12/h2,4,10,12,16H,3,5-9H2,1H3,(H,17,19). The van der Waals surface area contributed by atoms with E-state index in [0.717, 1.165) is 37.9 Å². The number of rotatable bonds is 5. The van der Waals surface area contributed by atoms with Crippen LogP contribution in [-0.4, -0.2) is 23.9 Å². The molecule has 114 valence electrons. The third-order valence-electron chi connectivity index (χ3n) is 3.86. The average molecular weight is 291 g/mol. The predicted octanol–water partition coefficient (Wildman–Crippen LogP) is 2.62. The number of hydrogen-bond acceptors (Lipinski definition) is 4. The van der Waals surface area contributed by atoms with E-state index < -0.39 is 4.92 Å². The molecule has 0 aliphatic carbocycles. The van der Waals surface area contributed by atoms with Gasteiger partial charge in [-0.25, -0.2) is 0 Å². The summed E-state index contributed by atoms with van der Waals surface area (Å²) >= 11 is 0. The van der Waals surface area contributed by atoms with Crippen molar-refractivity contribution >= 4 is 17.3 Å². The molecule has 1 fully saturated rings. The number of piperidine rings is 1. The topological polar surface area (TPSA) is 84.3 Å². The number of carbonyl (C=O) groups excluding carboxylic acids is 1. The van der Waals surface area contributed by atoms with Crippen LogP contribution in [0.5, 0.6) is 0 Å². The van der Waals surface area contributed by atoms with E-state index in [9.17, 15) is 14.9 Å². The van der Waals surface area contributed by atoms with E-state index >= 15 is 0 Å². The van der Waals surface area contributed by atoms with Gasteiger partial charge < -0.3 is 10.6 Å². The fourth-order valence-corrected chi connectivity index (χ4v) is 2.62. The first kappa shape index (κ1) is 15.4. The van der Waals surface area contributed by atoms with Gasteiger partial charge in [-0.1, -0.05) is 6.07 Å². The highest BCUT2D eigenvalue weighted by atomic mass is 16.6. The fourth-order valence-electron chi connectivity index (χ4n) is 2.62. The lowest BCUT2D eigenvalue weighted by Gasteiger charge is -2.22. The molecule has 1 amide bonds. The molecule has 0 unspecified atom stereocenters. The molecule has 1 heterocycles. The summed E-state index contributed by atoms with van der Waals surface area (Å²) in [7, 11) is 0. The average Bonchev–Trinajstić information content (AvgIpc) is 2.48. The summed E-state index contributed by atoms with van der Waals surface area (Å²) < 4.78 is 0. The Morgan fingerprint density at radius 3 is 2.81 bits per heavy atom. The molecule has 1 aliphatic rings. The van der Waals surface area contributed by atoms with Crippen LogP contribution in [0.4, 0.5) is 11.4 Å². The minimum Gasteiger partial charge on any atom is -0.320 e. The number of anilines is 1. The van der Waals surface area contributed by atoms with Gasteiger partial charge in [0.15, 0.2) is 0 Å². The summed E-state index contributed by atoms with van der Waals surface area (Å²) in [5.41, 5.74) is 1.03. The zero-order valence-corrected chi connectivity index (χ0v) is 12.2. The first-order valence-corrected chi connectivity index (χ1v) is 7.32. The predicted molar refractivity (Wildman–Crippen MR) is 81.3 cm³/mol. The van der Waals surface area contributed by atoms with Crippen LogP contribution >= 0.6 is 0 Å². The zero-order chi connectivity index (χ0) is 15.2. The Morgan fingerprint density at radius 1 is 1.43 bits per heavy atom. The van der Waals surface area contributed by atoms with Crippen LogP contribution in [0.25, 0.3) is 0 Å². The fraction of sp³-hybridized carbons (Fsp3) is 0.533. The molecular formula is C15H21N3O3. The summed E-state index contributed by atoms with van der Waals surface area (Å²) in [5, 5.41) is 17.0. The lowest BCUT2D eigenvalue weighted by Crippen LogP contribution is -2.28. The van der Waals surface area contributed by atoms with E-state index in [1.807, 2.05) is 0 Å². The van der Waals surface area contributed by atoms with Crippen molar-refractivity contribution in [3.05, 3.63) is 33.9 Å². The Hall–Kier alpha value is -1.95. The molecule has 6 nitrogen and oxygen atoms in total. The monoisotopic (exact) mass is 291 g/mol. The summed E-state index contributed by atoms with van der Waals surface area (Å²) in [6, 6.07) is 4.83. The molecule has 0 atom stereocenters. The quantitative estimate of drug-likeness (QED) is 0.645. The van der Waals surface area contributed by atoms with Crippen molar-refractivity contribution in [3.63, 3.8) is 0 Å². The number of hydrogen-bond donors (Lipinski definition) is 2. The van der Waals surface area contributed by atoms with E-state index in [1.165, 1.54) is 6.07 Å². The van der Waals surface area contributed by atoms with Gasteiger partial charge in [-0.15, -0.1) is 0 Å². The summed E-state index contributed by atoms with van der Waals surface area (Å²) in [4.78, 5) is 22.5. The Balaban J connectivity index is 1.91. The summed E-state index contributed by atoms with van der Waals surface area (Å²) in [5.74, 6) is 0.422. The number of nitro groups is 1. The van der Waals surface area contributed by atoms with Gasteiger partial charge in [-0.3, -0.25) is 14.9 Å². The highest BCUT2D eigenvalue weighted by molar-refractivity contribution is 5.93. The van der Waals surface area contributed by atoms with E-state index in [-0.39, 0.29) is 17.3 Å². The number of carbonyl (C=O) groups is 1. The first-order valence-electron chi connectivity index (χ1n) is 7.32. The Labute approximate surface area is 124 Å². The van der Waals surface area contributed by atoms with Gasteiger partial charge in [0.1, 0.15) is 5.69 Å². The van der Waals surface area contributed by atoms with E-state index in [2.05, 4.69) is 10.6 Å². The van der Waals surface area contributed by atoms with E-state index in [4.69, 9.17) is 0 Å². The van der Waals surface area contributed by atoms with Crippen LogP contribution < -0.4 is 10.6 Å². The van der Waals surface area contributed by atoms with Crippen LogP contribution in [0.3, 0.4) is 0 Å². The number of aryl methyl sites for hydroxylation is 1. The van der Waals surface area contributed by atoms with Crippen LogP contribution in [0.15, 0.2) is 18.2 Å². The Kier molecular flexibility index (Phi) is 5.27. The van der Waals surface area contributed by atoms with Gasteiger partial charge in [0.2, 0.25) is 5.91 Å². The number of nitro benzene ring substituents is 1. The first-order chi connectivity index (χ1) is 10.1. The molecule has 0 radical (unpaired) electrons. The lowest BCUT2D eigenvalue weighted by molar-refractivity contribution is -0.384. The molecular weight excluding hydrogens is 270 g/mol. The highest BCUT2D eigenvalue weighted by Gasteiger charge is 2.18. The molecule has 1 aliphatic heterocycles. The molecule has 2 rings (SSSR count). The van der Waals surface area contributed by atoms with Crippen molar-refractivity contribution in [1.82, 2.24) is 5.32 Å². The van der Waals surface area contributed by atoms with Gasteiger partial charge in [-0.05, 0) is 56.8 Å². The maximum absolute atomic E-state index is 12.0. The Bertz CT molecular complexity index is 525. The smallest absolute Gasteiger partial charge is 0.293 e. The molecule has 0 saturated carbocycles. The van der Waals surface area contributed by atoms with Crippen molar-refractivity contribution in [1.29, 1.82) is 0 Å². The second-order valence-electron chi connectivity index (χ2n) is 5.56. The maximum Gasteiger partial charge on any atom is 0.293 e. The van der Waals surface area contributed by atoms with Gasteiger partial charge in [0.05, 0.1) is 4.92 Å². The lowest BCUT2D eigenvalue weighted by atomic mass is 9.93. The van der Waals surface area contributed by atoms with Gasteiger partial charge >= 0.3 is 0 Å². The number of nitrogens with one attached hydrogen (secondary N) is 2. The number of nitrogens with zero attached hydrogens (tertiary/aromatic N) is 1. The van der Waals surface area contributed by atoms with Crippen molar-refractivity contribution in [2.45, 2.75) is 32.6 Å². The van der Waals surface area contributed by atoms with Crippen LogP contribution in [0.1, 0.15) is 31.2 Å². The molecule has 1 saturated heterocycles. The second-order valence-corrected chi connectivity index (χ2v) is 5.56. The summed E-state index contributed by atoms with van der Waals surface area (Å²) in [6.45, 7) is 3.81. The largest absolute Gasteiger partial charge is 0.320 e. The SMILES string of the molecule is Cc1ccc(NC(=O)CCC2CCNCC2)c([N+](=O)[O-])c1. The molecule has 1 aromatic carbocycles. The highest BCUT2D eigenvalue weighted by Crippen LogP contribution is 2.26. The third kappa shape index (κ3) is 4.53. The van der Waals surface area contributed by atoms with E-state index in [0.29, 0.717) is 12.3 Å². The van der Waals surface area contributed by atoms with Crippen LogP contribution in [-0.2, 0) is 4.79 Å². The minimum atomic E-state index is -0.463. The van der Waals surface area contributed by atoms with Crippen molar-refractivity contribution in [3.8, 4) is 0 Å². The second kappa shape index (κ2) is 7.17. The summed E-state index contributed by atoms with van der Waals surface area (Å²) in [6.07, 6.45) is 3.44. The molecule has 0 bridgehead atoms.